The highest BCUT2D eigenvalue weighted by atomic mass is 16.5. The third-order valence-electron chi connectivity index (χ3n) is 4.05. The number of likely N-dealkylation sites (N-methyl/N-ethyl adjacent to an activating group) is 1. The molecule has 0 spiro atoms. The normalized spacial score (nSPS) is 24.9. The lowest BCUT2D eigenvalue weighted by Crippen LogP contribution is -2.61. The van der Waals surface area contributed by atoms with E-state index >= 15 is 0 Å². The lowest BCUT2D eigenvalue weighted by atomic mass is 9.85. The molecule has 21 heavy (non-hydrogen) atoms. The molecule has 118 valence electrons. The summed E-state index contributed by atoms with van der Waals surface area (Å²) in [5.41, 5.74) is 1.28. The van der Waals surface area contributed by atoms with E-state index in [4.69, 9.17) is 9.47 Å². The van der Waals surface area contributed by atoms with Gasteiger partial charge in [-0.3, -0.25) is 0 Å². The molecule has 0 amide bonds. The van der Waals surface area contributed by atoms with Crippen LogP contribution in [0.4, 0.5) is 0 Å². The number of rotatable bonds is 8. The van der Waals surface area contributed by atoms with Crippen molar-refractivity contribution in [3.63, 3.8) is 0 Å². The monoisotopic (exact) mass is 291 g/mol. The second-order valence-corrected chi connectivity index (χ2v) is 6.08. The Morgan fingerprint density at radius 3 is 2.67 bits per heavy atom. The van der Waals surface area contributed by atoms with Gasteiger partial charge < -0.3 is 14.8 Å². The predicted octanol–water partition coefficient (Wildman–Crippen LogP) is 3.73. The van der Waals surface area contributed by atoms with Crippen LogP contribution >= 0.6 is 0 Å². The first-order chi connectivity index (χ1) is 10.2. The SMILES string of the molecule is CCCOC1C(NCC)CC1Oc1ccccc1C(C)C. The van der Waals surface area contributed by atoms with Crippen molar-refractivity contribution in [3.05, 3.63) is 29.8 Å². The van der Waals surface area contributed by atoms with Crippen molar-refractivity contribution in [3.8, 4) is 5.75 Å². The molecule has 3 nitrogen and oxygen atoms in total. The summed E-state index contributed by atoms with van der Waals surface area (Å²) in [6, 6.07) is 8.78. The molecule has 0 bridgehead atoms. The summed E-state index contributed by atoms with van der Waals surface area (Å²) in [5.74, 6) is 1.48. The maximum Gasteiger partial charge on any atom is 0.128 e. The first-order valence-electron chi connectivity index (χ1n) is 8.27. The summed E-state index contributed by atoms with van der Waals surface area (Å²) in [6.07, 6.45) is 2.41. The van der Waals surface area contributed by atoms with Crippen molar-refractivity contribution in [2.75, 3.05) is 13.2 Å². The van der Waals surface area contributed by atoms with Crippen molar-refractivity contribution in [2.24, 2.45) is 0 Å². The van der Waals surface area contributed by atoms with E-state index in [9.17, 15) is 0 Å². The summed E-state index contributed by atoms with van der Waals surface area (Å²) in [4.78, 5) is 0. The van der Waals surface area contributed by atoms with E-state index in [1.54, 1.807) is 0 Å². The van der Waals surface area contributed by atoms with E-state index in [0.717, 1.165) is 31.7 Å². The van der Waals surface area contributed by atoms with E-state index in [-0.39, 0.29) is 12.2 Å². The second-order valence-electron chi connectivity index (χ2n) is 6.08. The van der Waals surface area contributed by atoms with Crippen LogP contribution in [-0.4, -0.2) is 31.4 Å². The summed E-state index contributed by atoms with van der Waals surface area (Å²) in [5, 5.41) is 3.49. The van der Waals surface area contributed by atoms with Gasteiger partial charge in [0.15, 0.2) is 0 Å². The Hall–Kier alpha value is -1.06. The summed E-state index contributed by atoms with van der Waals surface area (Å²) < 4.78 is 12.3. The molecule has 1 saturated carbocycles. The van der Waals surface area contributed by atoms with Gasteiger partial charge in [-0.1, -0.05) is 45.9 Å². The van der Waals surface area contributed by atoms with Gasteiger partial charge in [-0.05, 0) is 30.5 Å². The Balaban J connectivity index is 2.01. The first-order valence-corrected chi connectivity index (χ1v) is 8.27. The molecule has 0 saturated heterocycles. The Morgan fingerprint density at radius 1 is 1.24 bits per heavy atom. The van der Waals surface area contributed by atoms with Crippen molar-refractivity contribution in [1.82, 2.24) is 5.32 Å². The number of benzene rings is 1. The van der Waals surface area contributed by atoms with Crippen molar-refractivity contribution < 1.29 is 9.47 Å². The van der Waals surface area contributed by atoms with Crippen LogP contribution in [-0.2, 0) is 4.74 Å². The van der Waals surface area contributed by atoms with Crippen LogP contribution in [0.5, 0.6) is 5.75 Å². The number of para-hydroxylation sites is 1. The number of hydrogen-bond acceptors (Lipinski definition) is 3. The zero-order valence-electron chi connectivity index (χ0n) is 13.8. The average Bonchev–Trinajstić information content (AvgIpc) is 2.46. The van der Waals surface area contributed by atoms with E-state index < -0.39 is 0 Å². The fourth-order valence-electron chi connectivity index (χ4n) is 2.86. The van der Waals surface area contributed by atoms with Gasteiger partial charge in [-0.2, -0.15) is 0 Å². The second kappa shape index (κ2) is 7.81. The standard InChI is InChI=1S/C18H29NO2/c1-5-11-20-18-15(19-6-2)12-17(18)21-16-10-8-7-9-14(16)13(3)4/h7-10,13,15,17-19H,5-6,11-12H2,1-4H3. The molecule has 0 heterocycles. The van der Waals surface area contributed by atoms with Crippen LogP contribution in [0.15, 0.2) is 24.3 Å². The van der Waals surface area contributed by atoms with Crippen molar-refractivity contribution >= 4 is 0 Å². The maximum absolute atomic E-state index is 6.26. The third kappa shape index (κ3) is 3.98. The van der Waals surface area contributed by atoms with Gasteiger partial charge >= 0.3 is 0 Å². The molecule has 0 aromatic heterocycles. The van der Waals surface area contributed by atoms with Gasteiger partial charge in [-0.15, -0.1) is 0 Å². The average molecular weight is 291 g/mol. The molecule has 3 heteroatoms. The number of nitrogens with one attached hydrogen (secondary N) is 1. The van der Waals surface area contributed by atoms with E-state index in [0.29, 0.717) is 12.0 Å². The number of hydrogen-bond donors (Lipinski definition) is 1. The van der Waals surface area contributed by atoms with Gasteiger partial charge in [-0.25, -0.2) is 0 Å². The molecule has 1 fully saturated rings. The lowest BCUT2D eigenvalue weighted by Gasteiger charge is -2.44. The molecule has 1 aromatic rings. The summed E-state index contributed by atoms with van der Waals surface area (Å²) in [6.45, 7) is 10.5. The first kappa shape index (κ1) is 16.3. The van der Waals surface area contributed by atoms with Gasteiger partial charge in [0.1, 0.15) is 18.0 Å². The van der Waals surface area contributed by atoms with Gasteiger partial charge in [0.25, 0.3) is 0 Å². The van der Waals surface area contributed by atoms with Crippen LogP contribution < -0.4 is 10.1 Å². The number of ether oxygens (including phenoxy) is 2. The summed E-state index contributed by atoms with van der Waals surface area (Å²) >= 11 is 0. The molecular formula is C18H29NO2. The van der Waals surface area contributed by atoms with E-state index in [1.807, 2.05) is 6.07 Å². The van der Waals surface area contributed by atoms with Crippen molar-refractivity contribution in [1.29, 1.82) is 0 Å². The highest BCUT2D eigenvalue weighted by Gasteiger charge is 2.43. The maximum atomic E-state index is 6.26. The molecule has 3 unspecified atom stereocenters. The Kier molecular flexibility index (Phi) is 6.07. The zero-order chi connectivity index (χ0) is 15.2. The van der Waals surface area contributed by atoms with Crippen LogP contribution in [0.3, 0.4) is 0 Å². The zero-order valence-corrected chi connectivity index (χ0v) is 13.8. The van der Waals surface area contributed by atoms with Crippen LogP contribution in [0.1, 0.15) is 52.0 Å². The van der Waals surface area contributed by atoms with Crippen molar-refractivity contribution in [2.45, 2.75) is 64.7 Å². The minimum absolute atomic E-state index is 0.167. The molecule has 1 aromatic carbocycles. The van der Waals surface area contributed by atoms with Crippen LogP contribution in [0.2, 0.25) is 0 Å². The van der Waals surface area contributed by atoms with Gasteiger partial charge in [0.2, 0.25) is 0 Å². The van der Waals surface area contributed by atoms with Gasteiger partial charge in [0.05, 0.1) is 0 Å². The van der Waals surface area contributed by atoms with Crippen LogP contribution in [0.25, 0.3) is 0 Å². The summed E-state index contributed by atoms with van der Waals surface area (Å²) in [7, 11) is 0. The molecule has 0 aliphatic heterocycles. The largest absolute Gasteiger partial charge is 0.487 e. The minimum Gasteiger partial charge on any atom is -0.487 e. The van der Waals surface area contributed by atoms with E-state index in [2.05, 4.69) is 51.2 Å². The fraction of sp³-hybridized carbons (Fsp3) is 0.667. The quantitative estimate of drug-likeness (QED) is 0.791. The Labute approximate surface area is 129 Å². The van der Waals surface area contributed by atoms with Crippen LogP contribution in [0, 0.1) is 0 Å². The molecule has 2 rings (SSSR count). The molecule has 1 N–H and O–H groups in total. The minimum atomic E-state index is 0.167. The van der Waals surface area contributed by atoms with E-state index in [1.165, 1.54) is 5.56 Å². The Morgan fingerprint density at radius 2 is 2.00 bits per heavy atom. The van der Waals surface area contributed by atoms with Gasteiger partial charge in [0, 0.05) is 19.1 Å². The molecular weight excluding hydrogens is 262 g/mol. The molecule has 1 aliphatic carbocycles. The smallest absolute Gasteiger partial charge is 0.128 e. The third-order valence-corrected chi connectivity index (χ3v) is 4.05. The topological polar surface area (TPSA) is 30.5 Å². The molecule has 0 radical (unpaired) electrons. The molecule has 1 aliphatic rings. The highest BCUT2D eigenvalue weighted by Crippen LogP contribution is 2.33. The lowest BCUT2D eigenvalue weighted by molar-refractivity contribution is -0.107. The fourth-order valence-corrected chi connectivity index (χ4v) is 2.86. The predicted molar refractivity (Wildman–Crippen MR) is 87.1 cm³/mol. The highest BCUT2D eigenvalue weighted by molar-refractivity contribution is 5.36. The molecule has 3 atom stereocenters. The Bertz CT molecular complexity index is 433.